The SMILES string of the molecule is Oc1ccccc1/C=N/c1cccc(Cl)c1Cl. The molecule has 4 heteroatoms. The van der Waals surface area contributed by atoms with Gasteiger partial charge in [0.05, 0.1) is 15.7 Å². The van der Waals surface area contributed by atoms with Gasteiger partial charge in [0.2, 0.25) is 0 Å². The maximum absolute atomic E-state index is 9.56. The number of hydrogen-bond donors (Lipinski definition) is 1. The average molecular weight is 266 g/mol. The van der Waals surface area contributed by atoms with Crippen LogP contribution in [-0.4, -0.2) is 11.3 Å². The van der Waals surface area contributed by atoms with Crippen LogP contribution in [0.15, 0.2) is 47.5 Å². The van der Waals surface area contributed by atoms with E-state index < -0.39 is 0 Å². The fourth-order valence-electron chi connectivity index (χ4n) is 1.33. The molecule has 2 nitrogen and oxygen atoms in total. The summed E-state index contributed by atoms with van der Waals surface area (Å²) >= 11 is 11.9. The number of nitrogens with zero attached hydrogens (tertiary/aromatic N) is 1. The highest BCUT2D eigenvalue weighted by Gasteiger charge is 2.02. The van der Waals surface area contributed by atoms with E-state index in [2.05, 4.69) is 4.99 Å². The lowest BCUT2D eigenvalue weighted by molar-refractivity contribution is 0.474. The van der Waals surface area contributed by atoms with E-state index in [1.54, 1.807) is 42.6 Å². The fraction of sp³-hybridized carbons (Fsp3) is 0. The summed E-state index contributed by atoms with van der Waals surface area (Å²) < 4.78 is 0. The van der Waals surface area contributed by atoms with E-state index in [0.717, 1.165) is 0 Å². The second kappa shape index (κ2) is 5.21. The van der Waals surface area contributed by atoms with E-state index >= 15 is 0 Å². The Morgan fingerprint density at radius 3 is 2.53 bits per heavy atom. The molecule has 1 N–H and O–H groups in total. The fourth-order valence-corrected chi connectivity index (χ4v) is 1.67. The van der Waals surface area contributed by atoms with Crippen LogP contribution in [0, 0.1) is 0 Å². The molecule has 0 spiro atoms. The normalized spacial score (nSPS) is 10.9. The van der Waals surface area contributed by atoms with Crippen LogP contribution in [-0.2, 0) is 0 Å². The van der Waals surface area contributed by atoms with Gasteiger partial charge >= 0.3 is 0 Å². The Morgan fingerprint density at radius 2 is 1.76 bits per heavy atom. The molecule has 0 unspecified atom stereocenters. The molecule has 86 valence electrons. The number of benzene rings is 2. The van der Waals surface area contributed by atoms with Crippen LogP contribution in [0.5, 0.6) is 5.75 Å². The van der Waals surface area contributed by atoms with Crippen LogP contribution in [0.3, 0.4) is 0 Å². The zero-order chi connectivity index (χ0) is 12.3. The van der Waals surface area contributed by atoms with Crippen LogP contribution in [0.25, 0.3) is 0 Å². The van der Waals surface area contributed by atoms with Crippen molar-refractivity contribution in [3.05, 3.63) is 58.1 Å². The minimum absolute atomic E-state index is 0.175. The molecule has 0 atom stereocenters. The summed E-state index contributed by atoms with van der Waals surface area (Å²) in [5.41, 5.74) is 1.20. The number of phenolic OH excluding ortho intramolecular Hbond substituents is 1. The van der Waals surface area contributed by atoms with E-state index in [9.17, 15) is 5.11 Å². The van der Waals surface area contributed by atoms with Crippen LogP contribution in [0.2, 0.25) is 10.0 Å². The molecule has 0 aliphatic rings. The third kappa shape index (κ3) is 2.78. The van der Waals surface area contributed by atoms with Crippen molar-refractivity contribution in [1.82, 2.24) is 0 Å². The molecule has 0 radical (unpaired) electrons. The highest BCUT2D eigenvalue weighted by Crippen LogP contribution is 2.31. The second-order valence-electron chi connectivity index (χ2n) is 3.39. The van der Waals surface area contributed by atoms with E-state index in [0.29, 0.717) is 21.3 Å². The number of halogens is 2. The van der Waals surface area contributed by atoms with E-state index in [-0.39, 0.29) is 5.75 Å². The number of aliphatic imine (C=N–C) groups is 1. The molecular weight excluding hydrogens is 257 g/mol. The summed E-state index contributed by atoms with van der Waals surface area (Å²) in [4.78, 5) is 4.20. The predicted molar refractivity (Wildman–Crippen MR) is 71.8 cm³/mol. The highest BCUT2D eigenvalue weighted by atomic mass is 35.5. The van der Waals surface area contributed by atoms with Crippen LogP contribution in [0.4, 0.5) is 5.69 Å². The zero-order valence-corrected chi connectivity index (χ0v) is 10.3. The lowest BCUT2D eigenvalue weighted by Gasteiger charge is -2.00. The first kappa shape index (κ1) is 12.0. The van der Waals surface area contributed by atoms with Gasteiger partial charge in [-0.05, 0) is 24.3 Å². The summed E-state index contributed by atoms with van der Waals surface area (Å²) in [6.07, 6.45) is 1.55. The summed E-state index contributed by atoms with van der Waals surface area (Å²) in [7, 11) is 0. The Labute approximate surface area is 109 Å². The summed E-state index contributed by atoms with van der Waals surface area (Å²) in [6, 6.07) is 12.2. The first-order valence-electron chi connectivity index (χ1n) is 4.94. The minimum atomic E-state index is 0.175. The first-order chi connectivity index (χ1) is 8.18. The molecule has 0 aliphatic heterocycles. The Balaban J connectivity index is 2.33. The third-order valence-electron chi connectivity index (χ3n) is 2.21. The molecule has 0 bridgehead atoms. The van der Waals surface area contributed by atoms with Gasteiger partial charge in [-0.2, -0.15) is 0 Å². The maximum atomic E-state index is 9.56. The molecule has 0 amide bonds. The van der Waals surface area contributed by atoms with Gasteiger partial charge in [0.15, 0.2) is 0 Å². The smallest absolute Gasteiger partial charge is 0.124 e. The molecule has 0 aromatic heterocycles. The maximum Gasteiger partial charge on any atom is 0.124 e. The van der Waals surface area contributed by atoms with Crippen molar-refractivity contribution in [2.24, 2.45) is 4.99 Å². The number of aromatic hydroxyl groups is 1. The first-order valence-corrected chi connectivity index (χ1v) is 5.70. The van der Waals surface area contributed by atoms with Crippen molar-refractivity contribution in [1.29, 1.82) is 0 Å². The molecule has 0 aliphatic carbocycles. The second-order valence-corrected chi connectivity index (χ2v) is 4.18. The van der Waals surface area contributed by atoms with E-state index in [1.165, 1.54) is 0 Å². The van der Waals surface area contributed by atoms with Gasteiger partial charge in [-0.1, -0.05) is 41.4 Å². The van der Waals surface area contributed by atoms with Crippen molar-refractivity contribution >= 4 is 35.1 Å². The predicted octanol–water partition coefficient (Wildman–Crippen LogP) is 4.45. The molecule has 2 rings (SSSR count). The number of para-hydroxylation sites is 1. The molecule has 17 heavy (non-hydrogen) atoms. The lowest BCUT2D eigenvalue weighted by atomic mass is 10.2. The Kier molecular flexibility index (Phi) is 3.67. The molecule has 2 aromatic carbocycles. The average Bonchev–Trinajstić information content (AvgIpc) is 2.33. The summed E-state index contributed by atoms with van der Waals surface area (Å²) in [5.74, 6) is 0.175. The Bertz CT molecular complexity index is 567. The van der Waals surface area contributed by atoms with Crippen molar-refractivity contribution in [3.8, 4) is 5.75 Å². The number of phenols is 1. The van der Waals surface area contributed by atoms with Crippen LogP contribution < -0.4 is 0 Å². The summed E-state index contributed by atoms with van der Waals surface area (Å²) in [6.45, 7) is 0. The quantitative estimate of drug-likeness (QED) is 0.800. The van der Waals surface area contributed by atoms with Gasteiger partial charge in [0.25, 0.3) is 0 Å². The van der Waals surface area contributed by atoms with Gasteiger partial charge < -0.3 is 5.11 Å². The van der Waals surface area contributed by atoms with Gasteiger partial charge in [-0.15, -0.1) is 0 Å². The van der Waals surface area contributed by atoms with Gasteiger partial charge in [0, 0.05) is 11.8 Å². The van der Waals surface area contributed by atoms with Crippen molar-refractivity contribution in [2.75, 3.05) is 0 Å². The number of rotatable bonds is 2. The zero-order valence-electron chi connectivity index (χ0n) is 8.77. The monoisotopic (exact) mass is 265 g/mol. The van der Waals surface area contributed by atoms with Crippen molar-refractivity contribution in [3.63, 3.8) is 0 Å². The molecule has 0 fully saturated rings. The van der Waals surface area contributed by atoms with E-state index in [4.69, 9.17) is 23.2 Å². The largest absolute Gasteiger partial charge is 0.507 e. The number of hydrogen-bond acceptors (Lipinski definition) is 2. The lowest BCUT2D eigenvalue weighted by Crippen LogP contribution is -1.81. The molecule has 0 saturated heterocycles. The molecule has 0 heterocycles. The van der Waals surface area contributed by atoms with Gasteiger partial charge in [0.1, 0.15) is 5.75 Å². The van der Waals surface area contributed by atoms with Crippen molar-refractivity contribution in [2.45, 2.75) is 0 Å². The highest BCUT2D eigenvalue weighted by molar-refractivity contribution is 6.43. The summed E-state index contributed by atoms with van der Waals surface area (Å²) in [5, 5.41) is 10.4. The van der Waals surface area contributed by atoms with E-state index in [1.807, 2.05) is 6.07 Å². The van der Waals surface area contributed by atoms with Crippen molar-refractivity contribution < 1.29 is 5.11 Å². The Morgan fingerprint density at radius 1 is 1.00 bits per heavy atom. The van der Waals surface area contributed by atoms with Crippen LogP contribution in [0.1, 0.15) is 5.56 Å². The molecule has 0 saturated carbocycles. The van der Waals surface area contributed by atoms with Gasteiger partial charge in [-0.3, -0.25) is 4.99 Å². The minimum Gasteiger partial charge on any atom is -0.507 e. The topological polar surface area (TPSA) is 32.6 Å². The van der Waals surface area contributed by atoms with Crippen LogP contribution >= 0.6 is 23.2 Å². The molecule has 2 aromatic rings. The van der Waals surface area contributed by atoms with Gasteiger partial charge in [-0.25, -0.2) is 0 Å². The standard InChI is InChI=1S/C13H9Cl2NO/c14-10-5-3-6-11(13(10)15)16-8-9-4-1-2-7-12(9)17/h1-8,17H/b16-8+. The Hall–Kier alpha value is -1.51. The molecular formula is C13H9Cl2NO. The third-order valence-corrected chi connectivity index (χ3v) is 3.02.